The van der Waals surface area contributed by atoms with Gasteiger partial charge in [-0.1, -0.05) is 60.7 Å². The summed E-state index contributed by atoms with van der Waals surface area (Å²) in [5.41, 5.74) is 9.73. The van der Waals surface area contributed by atoms with Crippen LogP contribution in [0.2, 0.25) is 0 Å². The fourth-order valence-electron chi connectivity index (χ4n) is 4.00. The second-order valence-corrected chi connectivity index (χ2v) is 8.19. The summed E-state index contributed by atoms with van der Waals surface area (Å²) in [6.45, 7) is 0. The molecule has 0 aromatic heterocycles. The molecule has 1 heterocycles. The average molecular weight is 454 g/mol. The van der Waals surface area contributed by atoms with E-state index >= 15 is 0 Å². The van der Waals surface area contributed by atoms with Crippen molar-refractivity contribution in [3.8, 4) is 11.8 Å². The number of nitriles is 1. The summed E-state index contributed by atoms with van der Waals surface area (Å²) in [6, 6.07) is 28.1. The van der Waals surface area contributed by atoms with E-state index in [-0.39, 0.29) is 11.5 Å². The summed E-state index contributed by atoms with van der Waals surface area (Å²) >= 11 is 1.44. The minimum absolute atomic E-state index is 0.209. The Hall–Kier alpha value is -3.95. The van der Waals surface area contributed by atoms with Gasteiger partial charge >= 0.3 is 0 Å². The smallest absolute Gasteiger partial charge is 0.197 e. The number of hydrogen-bond acceptors (Lipinski definition) is 6. The highest BCUT2D eigenvalue weighted by molar-refractivity contribution is 8.02. The maximum absolute atomic E-state index is 13.6. The van der Waals surface area contributed by atoms with Gasteiger partial charge in [0.2, 0.25) is 0 Å². The van der Waals surface area contributed by atoms with Crippen LogP contribution in [-0.4, -0.2) is 19.1 Å². The molecule has 4 rings (SSSR count). The van der Waals surface area contributed by atoms with E-state index < -0.39 is 6.04 Å². The van der Waals surface area contributed by atoms with Gasteiger partial charge in [-0.05, 0) is 36.1 Å². The van der Waals surface area contributed by atoms with E-state index in [1.165, 1.54) is 11.8 Å². The number of para-hydroxylation sites is 1. The number of anilines is 1. The van der Waals surface area contributed by atoms with E-state index in [1.807, 2.05) is 84.0 Å². The minimum Gasteiger partial charge on any atom is -0.497 e. The Morgan fingerprint density at radius 1 is 1.00 bits per heavy atom. The molecule has 1 unspecified atom stereocenters. The third-order valence-electron chi connectivity index (χ3n) is 5.57. The van der Waals surface area contributed by atoms with Gasteiger partial charge in [0.15, 0.2) is 5.78 Å². The summed E-state index contributed by atoms with van der Waals surface area (Å²) in [7, 11) is 1.61. The van der Waals surface area contributed by atoms with Crippen LogP contribution < -0.4 is 15.4 Å². The lowest BCUT2D eigenvalue weighted by atomic mass is 9.88. The Kier molecular flexibility index (Phi) is 6.53. The van der Waals surface area contributed by atoms with Gasteiger partial charge < -0.3 is 15.4 Å². The third kappa shape index (κ3) is 4.11. The number of carbonyl (C=O) groups excluding carboxylic acids is 1. The molecule has 1 aliphatic heterocycles. The molecule has 0 fully saturated rings. The summed E-state index contributed by atoms with van der Waals surface area (Å²) < 4.78 is 5.31. The van der Waals surface area contributed by atoms with Crippen molar-refractivity contribution in [2.45, 2.75) is 6.04 Å². The van der Waals surface area contributed by atoms with Crippen molar-refractivity contribution < 1.29 is 9.53 Å². The molecule has 1 aliphatic rings. The minimum atomic E-state index is -0.488. The topological polar surface area (TPSA) is 79.3 Å². The van der Waals surface area contributed by atoms with Gasteiger partial charge in [0.05, 0.1) is 41.1 Å². The Bertz CT molecular complexity index is 1260. The van der Waals surface area contributed by atoms with Crippen LogP contribution in [0.3, 0.4) is 0 Å². The molecule has 164 valence electrons. The van der Waals surface area contributed by atoms with Gasteiger partial charge in [-0.3, -0.25) is 4.79 Å². The second-order valence-electron chi connectivity index (χ2n) is 7.40. The van der Waals surface area contributed by atoms with Gasteiger partial charge in [-0.25, -0.2) is 0 Å². The van der Waals surface area contributed by atoms with E-state index in [9.17, 15) is 10.1 Å². The van der Waals surface area contributed by atoms with Gasteiger partial charge in [0.25, 0.3) is 0 Å². The molecule has 3 aromatic carbocycles. The van der Waals surface area contributed by atoms with Crippen molar-refractivity contribution >= 4 is 23.2 Å². The van der Waals surface area contributed by atoms with Crippen LogP contribution in [0.5, 0.6) is 5.75 Å². The molecule has 0 saturated heterocycles. The van der Waals surface area contributed by atoms with Crippen molar-refractivity contribution in [3.05, 3.63) is 118 Å². The van der Waals surface area contributed by atoms with Crippen molar-refractivity contribution in [1.82, 2.24) is 0 Å². The van der Waals surface area contributed by atoms with Crippen LogP contribution in [0, 0.1) is 11.3 Å². The highest BCUT2D eigenvalue weighted by Gasteiger charge is 2.38. The molecule has 0 aliphatic carbocycles. The molecule has 0 amide bonds. The highest BCUT2D eigenvalue weighted by atomic mass is 32.2. The van der Waals surface area contributed by atoms with Crippen molar-refractivity contribution in [3.63, 3.8) is 0 Å². The van der Waals surface area contributed by atoms with E-state index in [0.29, 0.717) is 21.7 Å². The number of nitrogens with zero attached hydrogens (tertiary/aromatic N) is 2. The molecular formula is C27H23N3O2S. The number of ketones is 1. The summed E-state index contributed by atoms with van der Waals surface area (Å²) in [6.07, 6.45) is 1.92. The highest BCUT2D eigenvalue weighted by Crippen LogP contribution is 2.46. The molecule has 5 nitrogen and oxygen atoms in total. The number of benzene rings is 3. The maximum atomic E-state index is 13.6. The number of Topliss-reactive ketones (excluding diaryl/α,β-unsaturated/α-hetero) is 1. The van der Waals surface area contributed by atoms with Gasteiger partial charge in [0.1, 0.15) is 5.75 Å². The van der Waals surface area contributed by atoms with Crippen LogP contribution in [0.1, 0.15) is 22.0 Å². The first-order valence-electron chi connectivity index (χ1n) is 10.4. The van der Waals surface area contributed by atoms with Crippen LogP contribution in [0.25, 0.3) is 0 Å². The van der Waals surface area contributed by atoms with Crippen LogP contribution in [0.15, 0.2) is 107 Å². The van der Waals surface area contributed by atoms with Crippen LogP contribution in [-0.2, 0) is 0 Å². The van der Waals surface area contributed by atoms with Gasteiger partial charge in [-0.15, -0.1) is 11.8 Å². The van der Waals surface area contributed by atoms with E-state index in [0.717, 1.165) is 17.0 Å². The van der Waals surface area contributed by atoms with Crippen LogP contribution in [0.4, 0.5) is 5.69 Å². The number of thioether (sulfide) groups is 1. The van der Waals surface area contributed by atoms with Crippen molar-refractivity contribution in [1.29, 1.82) is 5.26 Å². The number of hydrogen-bond donors (Lipinski definition) is 1. The molecular weight excluding hydrogens is 430 g/mol. The number of nitrogens with two attached hydrogens (primary N) is 1. The lowest BCUT2D eigenvalue weighted by Gasteiger charge is -2.40. The fourth-order valence-corrected chi connectivity index (χ4v) is 4.81. The largest absolute Gasteiger partial charge is 0.497 e. The zero-order valence-corrected chi connectivity index (χ0v) is 19.2. The monoisotopic (exact) mass is 453 g/mol. The molecule has 6 heteroatoms. The Balaban J connectivity index is 1.98. The lowest BCUT2D eigenvalue weighted by molar-refractivity contribution is 0.103. The third-order valence-corrected chi connectivity index (χ3v) is 6.35. The first kappa shape index (κ1) is 22.3. The maximum Gasteiger partial charge on any atom is 0.197 e. The Morgan fingerprint density at radius 2 is 1.61 bits per heavy atom. The predicted octanol–water partition coefficient (Wildman–Crippen LogP) is 5.45. The molecule has 1 atom stereocenters. The number of rotatable bonds is 6. The molecule has 0 spiro atoms. The van der Waals surface area contributed by atoms with E-state index in [2.05, 4.69) is 6.07 Å². The summed E-state index contributed by atoms with van der Waals surface area (Å²) in [5, 5.41) is 10.9. The summed E-state index contributed by atoms with van der Waals surface area (Å²) in [4.78, 5) is 15.6. The molecule has 3 aromatic rings. The number of ether oxygens (including phenoxy) is 1. The first-order valence-corrected chi connectivity index (χ1v) is 11.6. The van der Waals surface area contributed by atoms with Gasteiger partial charge in [-0.2, -0.15) is 5.26 Å². The average Bonchev–Trinajstić information content (AvgIpc) is 2.88. The zero-order valence-electron chi connectivity index (χ0n) is 18.4. The summed E-state index contributed by atoms with van der Waals surface area (Å²) in [5.74, 6) is 0.510. The standard InChI is InChI=1S/C27H23N3O2S/c1-32-21-15-13-18(14-16-21)25-22(17-28)24(29)23(26(31)19-9-5-3-6-10-19)27(33-2)30(25)20-11-7-4-8-12-20/h3-16,25H,29H2,1-2H3. The zero-order chi connectivity index (χ0) is 23.4. The second kappa shape index (κ2) is 9.68. The lowest BCUT2D eigenvalue weighted by Crippen LogP contribution is -2.36. The SMILES string of the molecule is COc1ccc(C2C(C#N)=C(N)C(C(=O)c3ccccc3)=C(SC)N2c2ccccc2)cc1. The number of allylic oxidation sites excluding steroid dienone is 1. The molecule has 0 saturated carbocycles. The van der Waals surface area contributed by atoms with Crippen molar-refractivity contribution in [2.24, 2.45) is 5.73 Å². The van der Waals surface area contributed by atoms with E-state index in [1.54, 1.807) is 19.2 Å². The quantitative estimate of drug-likeness (QED) is 0.500. The van der Waals surface area contributed by atoms with Crippen molar-refractivity contribution in [2.75, 3.05) is 18.3 Å². The van der Waals surface area contributed by atoms with Gasteiger partial charge in [0, 0.05) is 11.3 Å². The normalized spacial score (nSPS) is 15.9. The fraction of sp³-hybridized carbons (Fsp3) is 0.111. The molecule has 0 bridgehead atoms. The number of carbonyl (C=O) groups is 1. The molecule has 33 heavy (non-hydrogen) atoms. The Labute approximate surface area is 197 Å². The molecule has 0 radical (unpaired) electrons. The first-order chi connectivity index (χ1) is 16.1. The molecule has 2 N–H and O–H groups in total. The van der Waals surface area contributed by atoms with Crippen LogP contribution >= 0.6 is 11.8 Å². The number of methoxy groups -OCH3 is 1. The van der Waals surface area contributed by atoms with E-state index in [4.69, 9.17) is 10.5 Å². The Morgan fingerprint density at radius 3 is 2.15 bits per heavy atom. The predicted molar refractivity (Wildman–Crippen MR) is 133 cm³/mol.